The van der Waals surface area contributed by atoms with Crippen molar-refractivity contribution in [1.82, 2.24) is 15.5 Å². The fourth-order valence-corrected chi connectivity index (χ4v) is 3.30. The van der Waals surface area contributed by atoms with Gasteiger partial charge in [-0.3, -0.25) is 0 Å². The number of rotatable bonds is 6. The lowest BCUT2D eigenvalue weighted by Gasteiger charge is -2.33. The Balaban J connectivity index is 1.66. The summed E-state index contributed by atoms with van der Waals surface area (Å²) in [6.45, 7) is 14.0. The van der Waals surface area contributed by atoms with Gasteiger partial charge in [-0.15, -0.1) is 0 Å². The second kappa shape index (κ2) is 10.8. The van der Waals surface area contributed by atoms with Crippen LogP contribution in [0.4, 0.5) is 9.59 Å². The minimum Gasteiger partial charge on any atom is -0.444 e. The first kappa shape index (κ1) is 25.0. The zero-order valence-electron chi connectivity index (χ0n) is 19.9. The standard InChI is InChI=1S/C24H39N3O4/c1-23(2,3)30-21(28)25-14-11-18-7-9-19(10-8-18)17-26-20-12-15-27(16-13-20)22(29)31-24(4,5)6/h7-10,20,26H,11-17H2,1-6H3,(H,25,28). The summed E-state index contributed by atoms with van der Waals surface area (Å²) in [5.41, 5.74) is 1.46. The van der Waals surface area contributed by atoms with Gasteiger partial charge in [0.2, 0.25) is 0 Å². The van der Waals surface area contributed by atoms with E-state index in [0.29, 0.717) is 12.6 Å². The number of nitrogens with zero attached hydrogens (tertiary/aromatic N) is 1. The van der Waals surface area contributed by atoms with Crippen LogP contribution in [0.5, 0.6) is 0 Å². The van der Waals surface area contributed by atoms with E-state index in [-0.39, 0.29) is 12.2 Å². The van der Waals surface area contributed by atoms with Gasteiger partial charge in [-0.05, 0) is 71.9 Å². The lowest BCUT2D eigenvalue weighted by Crippen LogP contribution is -2.46. The maximum absolute atomic E-state index is 12.2. The highest BCUT2D eigenvalue weighted by Crippen LogP contribution is 2.16. The van der Waals surface area contributed by atoms with Crippen LogP contribution < -0.4 is 10.6 Å². The van der Waals surface area contributed by atoms with E-state index in [1.807, 2.05) is 41.5 Å². The highest BCUT2D eigenvalue weighted by atomic mass is 16.6. The Morgan fingerprint density at radius 1 is 0.935 bits per heavy atom. The summed E-state index contributed by atoms with van der Waals surface area (Å²) < 4.78 is 10.7. The topological polar surface area (TPSA) is 79.9 Å². The van der Waals surface area contributed by atoms with Gasteiger partial charge in [0.05, 0.1) is 0 Å². The van der Waals surface area contributed by atoms with Crippen LogP contribution in [0.3, 0.4) is 0 Å². The average molecular weight is 434 g/mol. The Bertz CT molecular complexity index is 712. The SMILES string of the molecule is CC(C)(C)OC(=O)NCCc1ccc(CNC2CCN(C(=O)OC(C)(C)C)CC2)cc1. The van der Waals surface area contributed by atoms with E-state index in [1.54, 1.807) is 4.90 Å². The van der Waals surface area contributed by atoms with Crippen LogP contribution in [-0.4, -0.2) is 54.0 Å². The molecule has 7 heteroatoms. The van der Waals surface area contributed by atoms with Crippen LogP contribution >= 0.6 is 0 Å². The molecule has 1 aliphatic rings. The molecular formula is C24H39N3O4. The van der Waals surface area contributed by atoms with E-state index < -0.39 is 11.2 Å². The first-order valence-corrected chi connectivity index (χ1v) is 11.2. The molecule has 0 unspecified atom stereocenters. The number of hydrogen-bond acceptors (Lipinski definition) is 5. The third-order valence-corrected chi connectivity index (χ3v) is 4.85. The predicted molar refractivity (Wildman–Crippen MR) is 122 cm³/mol. The van der Waals surface area contributed by atoms with Crippen LogP contribution in [0.2, 0.25) is 0 Å². The predicted octanol–water partition coefficient (Wildman–Crippen LogP) is 4.24. The van der Waals surface area contributed by atoms with Crippen molar-refractivity contribution in [2.75, 3.05) is 19.6 Å². The summed E-state index contributed by atoms with van der Waals surface area (Å²) in [5.74, 6) is 0. The molecule has 0 aromatic heterocycles. The van der Waals surface area contributed by atoms with Crippen LogP contribution in [0, 0.1) is 0 Å². The lowest BCUT2D eigenvalue weighted by atomic mass is 10.0. The third-order valence-electron chi connectivity index (χ3n) is 4.85. The molecule has 1 aromatic rings. The molecule has 0 spiro atoms. The Morgan fingerprint density at radius 2 is 1.48 bits per heavy atom. The summed E-state index contributed by atoms with van der Waals surface area (Å²) in [6, 6.07) is 8.83. The van der Waals surface area contributed by atoms with Crippen LogP contribution in [0.15, 0.2) is 24.3 Å². The van der Waals surface area contributed by atoms with E-state index >= 15 is 0 Å². The van der Waals surface area contributed by atoms with Crippen molar-refractivity contribution in [2.45, 2.75) is 84.6 Å². The van der Waals surface area contributed by atoms with Gasteiger partial charge in [0.1, 0.15) is 11.2 Å². The first-order chi connectivity index (χ1) is 14.4. The van der Waals surface area contributed by atoms with Gasteiger partial charge >= 0.3 is 12.2 Å². The number of hydrogen-bond donors (Lipinski definition) is 2. The van der Waals surface area contributed by atoms with Gasteiger partial charge < -0.3 is 25.0 Å². The van der Waals surface area contributed by atoms with Gasteiger partial charge in [-0.2, -0.15) is 0 Å². The Hall–Kier alpha value is -2.28. The van der Waals surface area contributed by atoms with Crippen molar-refractivity contribution in [1.29, 1.82) is 0 Å². The summed E-state index contributed by atoms with van der Waals surface area (Å²) in [6.07, 6.45) is 2.01. The molecule has 0 atom stereocenters. The number of alkyl carbamates (subject to hydrolysis) is 1. The summed E-state index contributed by atoms with van der Waals surface area (Å²) in [5, 5.41) is 6.38. The molecule has 2 amide bonds. The van der Waals surface area contributed by atoms with Gasteiger partial charge in [-0.25, -0.2) is 9.59 Å². The number of piperidine rings is 1. The largest absolute Gasteiger partial charge is 0.444 e. The van der Waals surface area contributed by atoms with Crippen molar-refractivity contribution in [3.63, 3.8) is 0 Å². The molecule has 0 aliphatic carbocycles. The van der Waals surface area contributed by atoms with E-state index in [4.69, 9.17) is 9.47 Å². The molecule has 2 rings (SSSR count). The van der Waals surface area contributed by atoms with Crippen molar-refractivity contribution in [3.8, 4) is 0 Å². The molecule has 0 saturated carbocycles. The zero-order valence-corrected chi connectivity index (χ0v) is 19.9. The lowest BCUT2D eigenvalue weighted by molar-refractivity contribution is 0.0197. The second-order valence-corrected chi connectivity index (χ2v) is 10.1. The van der Waals surface area contributed by atoms with Crippen molar-refractivity contribution in [3.05, 3.63) is 35.4 Å². The Labute approximate surface area is 186 Å². The summed E-state index contributed by atoms with van der Waals surface area (Å²) in [4.78, 5) is 25.6. The molecule has 0 bridgehead atoms. The number of benzene rings is 1. The van der Waals surface area contributed by atoms with E-state index in [1.165, 1.54) is 11.1 Å². The van der Waals surface area contributed by atoms with Crippen LogP contribution in [0.1, 0.15) is 65.5 Å². The normalized spacial score (nSPS) is 15.5. The highest BCUT2D eigenvalue weighted by molar-refractivity contribution is 5.68. The fraction of sp³-hybridized carbons (Fsp3) is 0.667. The maximum Gasteiger partial charge on any atom is 0.410 e. The molecule has 174 valence electrons. The molecular weight excluding hydrogens is 394 g/mol. The smallest absolute Gasteiger partial charge is 0.410 e. The molecule has 1 fully saturated rings. The highest BCUT2D eigenvalue weighted by Gasteiger charge is 2.26. The minimum absolute atomic E-state index is 0.220. The molecule has 1 aromatic carbocycles. The minimum atomic E-state index is -0.481. The van der Waals surface area contributed by atoms with Crippen LogP contribution in [-0.2, 0) is 22.4 Å². The second-order valence-electron chi connectivity index (χ2n) is 10.1. The molecule has 31 heavy (non-hydrogen) atoms. The van der Waals surface area contributed by atoms with Crippen molar-refractivity contribution in [2.24, 2.45) is 0 Å². The first-order valence-electron chi connectivity index (χ1n) is 11.2. The average Bonchev–Trinajstić information content (AvgIpc) is 2.65. The molecule has 7 nitrogen and oxygen atoms in total. The third kappa shape index (κ3) is 10.0. The number of nitrogens with one attached hydrogen (secondary N) is 2. The Morgan fingerprint density at radius 3 is 2.03 bits per heavy atom. The Kier molecular flexibility index (Phi) is 8.74. The summed E-state index contributed by atoms with van der Waals surface area (Å²) >= 11 is 0. The van der Waals surface area contributed by atoms with Gasteiger partial charge in [0.25, 0.3) is 0 Å². The molecule has 1 saturated heterocycles. The number of amides is 2. The van der Waals surface area contributed by atoms with E-state index in [9.17, 15) is 9.59 Å². The van der Waals surface area contributed by atoms with Crippen LogP contribution in [0.25, 0.3) is 0 Å². The molecule has 0 radical (unpaired) electrons. The molecule has 1 heterocycles. The van der Waals surface area contributed by atoms with Gasteiger partial charge in [0, 0.05) is 32.2 Å². The van der Waals surface area contributed by atoms with Crippen molar-refractivity contribution >= 4 is 12.2 Å². The van der Waals surface area contributed by atoms with Gasteiger partial charge in [0.15, 0.2) is 0 Å². The molecule has 2 N–H and O–H groups in total. The quantitative estimate of drug-likeness (QED) is 0.701. The van der Waals surface area contributed by atoms with E-state index in [0.717, 1.165) is 38.9 Å². The zero-order chi connectivity index (χ0) is 23.1. The number of carbonyl (C=O) groups is 2. The van der Waals surface area contributed by atoms with Crippen molar-refractivity contribution < 1.29 is 19.1 Å². The monoisotopic (exact) mass is 433 g/mol. The molecule has 1 aliphatic heterocycles. The maximum atomic E-state index is 12.2. The number of likely N-dealkylation sites (tertiary alicyclic amines) is 1. The summed E-state index contributed by atoms with van der Waals surface area (Å²) in [7, 11) is 0. The number of carbonyl (C=O) groups excluding carboxylic acids is 2. The fourth-order valence-electron chi connectivity index (χ4n) is 3.30. The van der Waals surface area contributed by atoms with E-state index in [2.05, 4.69) is 34.9 Å². The number of ether oxygens (including phenoxy) is 2. The van der Waals surface area contributed by atoms with Gasteiger partial charge in [-0.1, -0.05) is 24.3 Å².